The van der Waals surface area contributed by atoms with E-state index in [0.29, 0.717) is 12.7 Å². The summed E-state index contributed by atoms with van der Waals surface area (Å²) in [5.74, 6) is 0.132. The predicted molar refractivity (Wildman–Crippen MR) is 128 cm³/mol. The van der Waals surface area contributed by atoms with Gasteiger partial charge in [0.05, 0.1) is 5.41 Å². The fourth-order valence-electron chi connectivity index (χ4n) is 5.89. The van der Waals surface area contributed by atoms with Crippen molar-refractivity contribution >= 4 is 11.9 Å². The number of benzene rings is 1. The van der Waals surface area contributed by atoms with Crippen molar-refractivity contribution in [3.8, 4) is 11.5 Å². The van der Waals surface area contributed by atoms with Gasteiger partial charge in [0.25, 0.3) is 0 Å². The summed E-state index contributed by atoms with van der Waals surface area (Å²) in [6, 6.07) is 8.28. The number of ether oxygens (including phenoxy) is 2. The first kappa shape index (κ1) is 26.3. The number of alkyl halides is 3. The summed E-state index contributed by atoms with van der Waals surface area (Å²) >= 11 is 0. The largest absolute Gasteiger partial charge is 0.490 e. The van der Waals surface area contributed by atoms with Crippen LogP contribution in [0.5, 0.6) is 11.5 Å². The van der Waals surface area contributed by atoms with Gasteiger partial charge in [-0.3, -0.25) is 14.4 Å². The van der Waals surface area contributed by atoms with Crippen LogP contribution in [-0.4, -0.2) is 75.7 Å². The summed E-state index contributed by atoms with van der Waals surface area (Å²) < 4.78 is 44.7. The molecule has 1 aromatic heterocycles. The molecule has 38 heavy (non-hydrogen) atoms. The van der Waals surface area contributed by atoms with Gasteiger partial charge in [0.15, 0.2) is 11.5 Å². The Labute approximate surface area is 218 Å². The molecule has 206 valence electrons. The summed E-state index contributed by atoms with van der Waals surface area (Å²) in [5.41, 5.74) is 2.02. The topological polar surface area (TPSA) is 97.1 Å². The standard InChI is InChI=1S/C24H30N4O3.C2HF3O2/c1-26-20(7-9-25-26)19-14-27(12-18-5-6-21-22(11-18)31-16-30-21)15-24(19)8-2-10-28(23(24)29)13-17-3-4-17;3-2(4,5)1(6)7/h5-7,9,11,17,19H,2-4,8,10,12-16H2,1H3;(H,6,7)/t19-,24+;/m0./s1. The van der Waals surface area contributed by atoms with E-state index in [9.17, 15) is 18.0 Å². The molecule has 2 saturated heterocycles. The molecule has 6 rings (SSSR count). The number of carboxylic acids is 1. The summed E-state index contributed by atoms with van der Waals surface area (Å²) in [6.45, 7) is 4.63. The van der Waals surface area contributed by atoms with Crippen molar-refractivity contribution in [3.05, 3.63) is 41.7 Å². The molecule has 1 aliphatic carbocycles. The molecule has 2 aromatic rings. The van der Waals surface area contributed by atoms with E-state index in [-0.39, 0.29) is 11.3 Å². The van der Waals surface area contributed by atoms with Crippen molar-refractivity contribution in [2.24, 2.45) is 18.4 Å². The number of amides is 1. The molecule has 1 aromatic carbocycles. The van der Waals surface area contributed by atoms with Crippen LogP contribution in [0.25, 0.3) is 0 Å². The molecular weight excluding hydrogens is 505 g/mol. The van der Waals surface area contributed by atoms with E-state index in [0.717, 1.165) is 63.0 Å². The summed E-state index contributed by atoms with van der Waals surface area (Å²) in [5, 5.41) is 11.6. The smallest absolute Gasteiger partial charge is 0.475 e. The van der Waals surface area contributed by atoms with Crippen molar-refractivity contribution in [1.82, 2.24) is 19.6 Å². The van der Waals surface area contributed by atoms with E-state index in [1.807, 2.05) is 24.0 Å². The number of aliphatic carboxylic acids is 1. The number of likely N-dealkylation sites (tertiary alicyclic amines) is 2. The van der Waals surface area contributed by atoms with Crippen molar-refractivity contribution in [2.75, 3.05) is 33.0 Å². The number of nitrogens with zero attached hydrogens (tertiary/aromatic N) is 4. The number of hydrogen-bond donors (Lipinski definition) is 1. The van der Waals surface area contributed by atoms with Crippen LogP contribution in [0.3, 0.4) is 0 Å². The van der Waals surface area contributed by atoms with Gasteiger partial charge in [-0.25, -0.2) is 4.79 Å². The van der Waals surface area contributed by atoms with Gasteiger partial charge in [-0.2, -0.15) is 18.3 Å². The zero-order chi connectivity index (χ0) is 27.1. The number of fused-ring (bicyclic) bond motifs is 1. The molecule has 4 heterocycles. The highest BCUT2D eigenvalue weighted by molar-refractivity contribution is 5.85. The number of aromatic nitrogens is 2. The second-order valence-corrected chi connectivity index (χ2v) is 10.5. The van der Waals surface area contributed by atoms with Gasteiger partial charge >= 0.3 is 12.1 Å². The summed E-state index contributed by atoms with van der Waals surface area (Å²) in [4.78, 5) is 27.4. The predicted octanol–water partition coefficient (Wildman–Crippen LogP) is 3.40. The molecule has 3 aliphatic heterocycles. The average Bonchev–Trinajstić information content (AvgIpc) is 3.22. The Morgan fingerprint density at radius 2 is 1.95 bits per heavy atom. The number of halogens is 3. The molecule has 12 heteroatoms. The third kappa shape index (κ3) is 5.31. The van der Waals surface area contributed by atoms with Gasteiger partial charge in [0, 0.05) is 57.6 Å². The second-order valence-electron chi connectivity index (χ2n) is 10.5. The lowest BCUT2D eigenvalue weighted by molar-refractivity contribution is -0.192. The van der Waals surface area contributed by atoms with E-state index >= 15 is 0 Å². The Balaban J connectivity index is 0.000000374. The first-order valence-corrected chi connectivity index (χ1v) is 12.7. The first-order valence-electron chi connectivity index (χ1n) is 12.7. The highest BCUT2D eigenvalue weighted by Crippen LogP contribution is 2.50. The maximum Gasteiger partial charge on any atom is 0.490 e. The normalized spacial score (nSPS) is 25.0. The van der Waals surface area contributed by atoms with E-state index in [4.69, 9.17) is 19.4 Å². The Morgan fingerprint density at radius 1 is 1.21 bits per heavy atom. The van der Waals surface area contributed by atoms with Crippen molar-refractivity contribution in [3.63, 3.8) is 0 Å². The molecular formula is C26H31F3N4O5. The number of carboxylic acid groups (broad SMARTS) is 1. The van der Waals surface area contributed by atoms with Gasteiger partial charge < -0.3 is 19.5 Å². The lowest BCUT2D eigenvalue weighted by Crippen LogP contribution is -2.52. The van der Waals surface area contributed by atoms with E-state index in [1.165, 1.54) is 24.1 Å². The van der Waals surface area contributed by atoms with Crippen LogP contribution in [0.4, 0.5) is 13.2 Å². The zero-order valence-electron chi connectivity index (χ0n) is 21.1. The molecule has 1 amide bonds. The van der Waals surface area contributed by atoms with Crippen LogP contribution in [-0.2, 0) is 23.2 Å². The molecule has 9 nitrogen and oxygen atoms in total. The molecule has 4 aliphatic rings. The number of rotatable bonds is 5. The maximum atomic E-state index is 13.9. The third-order valence-corrected chi connectivity index (χ3v) is 7.85. The molecule has 3 fully saturated rings. The summed E-state index contributed by atoms with van der Waals surface area (Å²) in [7, 11) is 2.00. The quantitative estimate of drug-likeness (QED) is 0.626. The Bertz CT molecular complexity index is 1200. The van der Waals surface area contributed by atoms with Crippen LogP contribution in [0.15, 0.2) is 30.5 Å². The molecule has 0 bridgehead atoms. The summed E-state index contributed by atoms with van der Waals surface area (Å²) in [6.07, 6.45) is 1.38. The highest BCUT2D eigenvalue weighted by atomic mass is 19.4. The maximum absolute atomic E-state index is 13.9. The van der Waals surface area contributed by atoms with Gasteiger partial charge in [-0.15, -0.1) is 0 Å². The van der Waals surface area contributed by atoms with E-state index in [1.54, 1.807) is 0 Å². The van der Waals surface area contributed by atoms with Gasteiger partial charge in [-0.05, 0) is 55.4 Å². The Hall–Kier alpha value is -3.28. The van der Waals surface area contributed by atoms with Crippen molar-refractivity contribution in [2.45, 2.75) is 44.3 Å². The average molecular weight is 537 g/mol. The van der Waals surface area contributed by atoms with Crippen LogP contribution in [0.1, 0.15) is 42.9 Å². The fourth-order valence-corrected chi connectivity index (χ4v) is 5.89. The number of aryl methyl sites for hydroxylation is 1. The molecule has 0 unspecified atom stereocenters. The lowest BCUT2D eigenvalue weighted by atomic mass is 9.70. The number of piperidine rings is 1. The number of hydrogen-bond acceptors (Lipinski definition) is 6. The number of carbonyl (C=O) groups is 2. The third-order valence-electron chi connectivity index (χ3n) is 7.85. The minimum atomic E-state index is -5.08. The fraction of sp³-hybridized carbons (Fsp3) is 0.577. The van der Waals surface area contributed by atoms with Crippen LogP contribution >= 0.6 is 0 Å². The van der Waals surface area contributed by atoms with Crippen LogP contribution in [0, 0.1) is 11.3 Å². The molecule has 1 saturated carbocycles. The van der Waals surface area contributed by atoms with E-state index in [2.05, 4.69) is 33.1 Å². The lowest BCUT2D eigenvalue weighted by Gasteiger charge is -2.42. The van der Waals surface area contributed by atoms with Gasteiger partial charge in [0.1, 0.15) is 0 Å². The van der Waals surface area contributed by atoms with Crippen molar-refractivity contribution < 1.29 is 37.3 Å². The molecule has 2 atom stereocenters. The van der Waals surface area contributed by atoms with Gasteiger partial charge in [0.2, 0.25) is 12.7 Å². The van der Waals surface area contributed by atoms with Crippen LogP contribution in [0.2, 0.25) is 0 Å². The molecule has 1 spiro atoms. The minimum absolute atomic E-state index is 0.170. The Morgan fingerprint density at radius 3 is 2.61 bits per heavy atom. The highest BCUT2D eigenvalue weighted by Gasteiger charge is 2.56. The zero-order valence-corrected chi connectivity index (χ0v) is 21.1. The first-order chi connectivity index (χ1) is 18.1. The molecule has 1 N–H and O–H groups in total. The minimum Gasteiger partial charge on any atom is -0.475 e. The van der Waals surface area contributed by atoms with E-state index < -0.39 is 12.1 Å². The molecule has 0 radical (unpaired) electrons. The second kappa shape index (κ2) is 10.1. The Kier molecular flexibility index (Phi) is 7.01. The van der Waals surface area contributed by atoms with Crippen LogP contribution < -0.4 is 9.47 Å². The van der Waals surface area contributed by atoms with Gasteiger partial charge in [-0.1, -0.05) is 6.07 Å². The SMILES string of the molecule is Cn1nccc1[C@@H]1CN(Cc2ccc3c(c2)OCO3)C[C@]12CCCN(CC1CC1)C2=O.O=C(O)C(F)(F)F. The monoisotopic (exact) mass is 536 g/mol. The van der Waals surface area contributed by atoms with Crippen molar-refractivity contribution in [1.29, 1.82) is 0 Å². The number of carbonyl (C=O) groups excluding carboxylic acids is 1.